The van der Waals surface area contributed by atoms with Crippen molar-refractivity contribution >= 4 is 63.3 Å². The number of aromatic nitrogens is 1. The molecule has 1 heterocycles. The number of esters is 1. The number of rotatable bonds is 5. The van der Waals surface area contributed by atoms with Gasteiger partial charge in [-0.3, -0.25) is 4.79 Å². The Labute approximate surface area is 227 Å². The first-order valence-electron chi connectivity index (χ1n) is 11.6. The molecule has 0 bridgehead atoms. The molecule has 1 aliphatic carbocycles. The molecule has 1 aliphatic rings. The van der Waals surface area contributed by atoms with Gasteiger partial charge in [0.2, 0.25) is 0 Å². The van der Waals surface area contributed by atoms with Crippen molar-refractivity contribution in [1.29, 1.82) is 5.26 Å². The Balaban J connectivity index is 1.45. The van der Waals surface area contributed by atoms with Crippen LogP contribution >= 0.6 is 23.2 Å². The Morgan fingerprint density at radius 3 is 2.71 bits per heavy atom. The number of para-hydroxylation sites is 1. The van der Waals surface area contributed by atoms with E-state index in [0.29, 0.717) is 45.6 Å². The Morgan fingerprint density at radius 2 is 1.92 bits per heavy atom. The van der Waals surface area contributed by atoms with Crippen LogP contribution in [0.2, 0.25) is 10.0 Å². The van der Waals surface area contributed by atoms with E-state index in [-0.39, 0.29) is 21.8 Å². The summed E-state index contributed by atoms with van der Waals surface area (Å²) in [5, 5.41) is 13.0. The second-order valence-corrected chi connectivity index (χ2v) is 9.41. The van der Waals surface area contributed by atoms with E-state index in [1.807, 2.05) is 6.07 Å². The van der Waals surface area contributed by atoms with Gasteiger partial charge in [-0.05, 0) is 66.5 Å². The summed E-state index contributed by atoms with van der Waals surface area (Å²) < 4.78 is 19.9. The summed E-state index contributed by atoms with van der Waals surface area (Å²) in [6.45, 7) is -0.574. The third kappa shape index (κ3) is 4.97. The molecule has 0 aliphatic heterocycles. The number of halogens is 3. The first-order chi connectivity index (χ1) is 18.4. The van der Waals surface area contributed by atoms with Crippen LogP contribution in [0, 0.1) is 17.1 Å². The van der Waals surface area contributed by atoms with Crippen molar-refractivity contribution in [2.45, 2.75) is 12.8 Å². The van der Waals surface area contributed by atoms with E-state index in [2.05, 4.69) is 5.32 Å². The maximum Gasteiger partial charge on any atom is 0.339 e. The second-order valence-electron chi connectivity index (χ2n) is 8.56. The van der Waals surface area contributed by atoms with Gasteiger partial charge in [0.1, 0.15) is 11.9 Å². The highest BCUT2D eigenvalue weighted by Gasteiger charge is 2.28. The number of carbonyl (C=O) groups excluding carboxylic acids is 2. The summed E-state index contributed by atoms with van der Waals surface area (Å²) in [5.41, 5.74) is 3.54. The monoisotopic (exact) mass is 545 g/mol. The topological polar surface area (TPSA) is 92.1 Å². The fraction of sp³-hybridized carbons (Fsp3) is 0.103. The van der Waals surface area contributed by atoms with E-state index in [1.54, 1.807) is 36.4 Å². The lowest BCUT2D eigenvalue weighted by molar-refractivity contribution is -0.119. The van der Waals surface area contributed by atoms with Crippen LogP contribution < -0.4 is 5.32 Å². The third-order valence-electron chi connectivity index (χ3n) is 6.17. The lowest BCUT2D eigenvalue weighted by Gasteiger charge is -2.13. The maximum absolute atomic E-state index is 14.5. The standard InChI is InChI=1S/C29H18Cl2FN3O3/c30-18-10-8-17(14-33)25(13-18)34-26(36)15-38-29(37)27-19-4-1-2-7-24(19)35-28-16(9-11-20(27)28)12-21-22(31)5-3-6-23(21)32/h1-8,10,12-13H,9,11,15H2,(H,34,36)/b16-12+. The summed E-state index contributed by atoms with van der Waals surface area (Å²) in [7, 11) is 0. The minimum absolute atomic E-state index is 0.220. The Hall–Kier alpha value is -4.25. The van der Waals surface area contributed by atoms with Crippen molar-refractivity contribution in [1.82, 2.24) is 4.98 Å². The smallest absolute Gasteiger partial charge is 0.339 e. The molecule has 3 aromatic carbocycles. The number of anilines is 1. The van der Waals surface area contributed by atoms with Crippen molar-refractivity contribution in [3.05, 3.63) is 104 Å². The Morgan fingerprint density at radius 1 is 1.11 bits per heavy atom. The first-order valence-corrected chi connectivity index (χ1v) is 12.3. The van der Waals surface area contributed by atoms with Gasteiger partial charge in [-0.15, -0.1) is 0 Å². The fourth-order valence-corrected chi connectivity index (χ4v) is 4.83. The highest BCUT2D eigenvalue weighted by Crippen LogP contribution is 2.38. The number of hydrogen-bond acceptors (Lipinski definition) is 5. The van der Waals surface area contributed by atoms with Crippen LogP contribution in [0.5, 0.6) is 0 Å². The molecule has 0 unspecified atom stereocenters. The van der Waals surface area contributed by atoms with Crippen LogP contribution in [0.3, 0.4) is 0 Å². The van der Waals surface area contributed by atoms with Crippen molar-refractivity contribution in [3.8, 4) is 6.07 Å². The van der Waals surface area contributed by atoms with Crippen LogP contribution in [-0.2, 0) is 16.0 Å². The number of amides is 1. The molecule has 9 heteroatoms. The number of nitriles is 1. The average molecular weight is 546 g/mol. The van der Waals surface area contributed by atoms with Crippen LogP contribution in [0.15, 0.2) is 60.7 Å². The predicted molar refractivity (Wildman–Crippen MR) is 144 cm³/mol. The number of nitrogens with one attached hydrogen (secondary N) is 1. The second kappa shape index (κ2) is 10.6. The first kappa shape index (κ1) is 25.4. The van der Waals surface area contributed by atoms with E-state index in [4.69, 9.17) is 32.9 Å². The van der Waals surface area contributed by atoms with Gasteiger partial charge in [0.05, 0.1) is 33.0 Å². The molecule has 1 aromatic heterocycles. The van der Waals surface area contributed by atoms with Crippen molar-refractivity contribution in [3.63, 3.8) is 0 Å². The SMILES string of the molecule is N#Cc1ccc(Cl)cc1NC(=O)COC(=O)c1c2c(nc3ccccc13)/C(=C/c1c(F)cccc1Cl)CC2. The zero-order valence-electron chi connectivity index (χ0n) is 19.7. The van der Waals surface area contributed by atoms with E-state index in [0.717, 1.165) is 5.57 Å². The number of hydrogen-bond donors (Lipinski definition) is 1. The molecule has 0 fully saturated rings. The van der Waals surface area contributed by atoms with Gasteiger partial charge in [-0.25, -0.2) is 14.2 Å². The van der Waals surface area contributed by atoms with Crippen LogP contribution in [0.1, 0.15) is 39.2 Å². The minimum Gasteiger partial charge on any atom is -0.452 e. The molecule has 0 radical (unpaired) electrons. The Kier molecular flexibility index (Phi) is 7.10. The van der Waals surface area contributed by atoms with Crippen LogP contribution in [0.25, 0.3) is 22.6 Å². The number of benzene rings is 3. The summed E-state index contributed by atoms with van der Waals surface area (Å²) in [6.07, 6.45) is 2.66. The highest BCUT2D eigenvalue weighted by molar-refractivity contribution is 6.32. The number of carbonyl (C=O) groups is 2. The lowest BCUT2D eigenvalue weighted by Crippen LogP contribution is -2.22. The number of allylic oxidation sites excluding steroid dienone is 1. The van der Waals surface area contributed by atoms with Crippen molar-refractivity contribution in [2.75, 3.05) is 11.9 Å². The molecule has 0 atom stereocenters. The molecule has 188 valence electrons. The largest absolute Gasteiger partial charge is 0.452 e. The molecule has 1 amide bonds. The van der Waals surface area contributed by atoms with Gasteiger partial charge < -0.3 is 10.1 Å². The molecular formula is C29H18Cl2FN3O3. The molecule has 0 saturated carbocycles. The quantitative estimate of drug-likeness (QED) is 0.277. The number of fused-ring (bicyclic) bond motifs is 2. The van der Waals surface area contributed by atoms with Crippen LogP contribution in [0.4, 0.5) is 10.1 Å². The summed E-state index contributed by atoms with van der Waals surface area (Å²) in [5.74, 6) is -1.77. The molecule has 0 spiro atoms. The number of pyridine rings is 1. The molecular weight excluding hydrogens is 528 g/mol. The number of ether oxygens (including phenoxy) is 1. The van der Waals surface area contributed by atoms with Crippen molar-refractivity contribution in [2.24, 2.45) is 0 Å². The van der Waals surface area contributed by atoms with E-state index >= 15 is 0 Å². The minimum atomic E-state index is -0.688. The van der Waals surface area contributed by atoms with Crippen LogP contribution in [-0.4, -0.2) is 23.5 Å². The Bertz CT molecular complexity index is 1670. The van der Waals surface area contributed by atoms with E-state index in [9.17, 15) is 19.2 Å². The average Bonchev–Trinajstić information content (AvgIpc) is 3.30. The van der Waals surface area contributed by atoms with Gasteiger partial charge in [0.15, 0.2) is 6.61 Å². The summed E-state index contributed by atoms with van der Waals surface area (Å²) in [4.78, 5) is 30.6. The molecule has 1 N–H and O–H groups in total. The van der Waals surface area contributed by atoms with Gasteiger partial charge in [0, 0.05) is 16.0 Å². The summed E-state index contributed by atoms with van der Waals surface area (Å²) in [6, 6.07) is 18.0. The zero-order chi connectivity index (χ0) is 26.8. The summed E-state index contributed by atoms with van der Waals surface area (Å²) >= 11 is 12.2. The normalized spacial score (nSPS) is 13.3. The van der Waals surface area contributed by atoms with Gasteiger partial charge in [0.25, 0.3) is 5.91 Å². The third-order valence-corrected chi connectivity index (χ3v) is 6.74. The fourth-order valence-electron chi connectivity index (χ4n) is 4.44. The molecule has 6 nitrogen and oxygen atoms in total. The van der Waals surface area contributed by atoms with Gasteiger partial charge >= 0.3 is 5.97 Å². The predicted octanol–water partition coefficient (Wildman–Crippen LogP) is 6.83. The van der Waals surface area contributed by atoms with Crippen molar-refractivity contribution < 1.29 is 18.7 Å². The molecule has 4 aromatic rings. The molecule has 0 saturated heterocycles. The van der Waals surface area contributed by atoms with E-state index < -0.39 is 24.3 Å². The molecule has 38 heavy (non-hydrogen) atoms. The van der Waals surface area contributed by atoms with Gasteiger partial charge in [-0.1, -0.05) is 47.5 Å². The highest BCUT2D eigenvalue weighted by atomic mass is 35.5. The zero-order valence-corrected chi connectivity index (χ0v) is 21.2. The lowest BCUT2D eigenvalue weighted by atomic mass is 10.0. The molecule has 5 rings (SSSR count). The van der Waals surface area contributed by atoms with Gasteiger partial charge in [-0.2, -0.15) is 5.26 Å². The number of nitrogens with zero attached hydrogens (tertiary/aromatic N) is 2. The maximum atomic E-state index is 14.5. The van der Waals surface area contributed by atoms with E-state index in [1.165, 1.54) is 30.3 Å².